The van der Waals surface area contributed by atoms with E-state index in [2.05, 4.69) is 4.99 Å². The highest BCUT2D eigenvalue weighted by atomic mass is 32.2. The van der Waals surface area contributed by atoms with Gasteiger partial charge in [-0.3, -0.25) is 4.79 Å². The lowest BCUT2D eigenvalue weighted by Crippen LogP contribution is -2.25. The fourth-order valence-corrected chi connectivity index (χ4v) is 2.76. The summed E-state index contributed by atoms with van der Waals surface area (Å²) in [6, 6.07) is 7.93. The molecular weight excluding hydrogens is 234 g/mol. The molecule has 1 aromatic carbocycles. The van der Waals surface area contributed by atoms with Crippen molar-refractivity contribution in [2.75, 3.05) is 0 Å². The van der Waals surface area contributed by atoms with E-state index in [4.69, 9.17) is 11.5 Å². The van der Waals surface area contributed by atoms with Gasteiger partial charge in [0.2, 0.25) is 0 Å². The highest BCUT2D eigenvalue weighted by molar-refractivity contribution is 8.00. The average molecular weight is 247 g/mol. The van der Waals surface area contributed by atoms with Crippen LogP contribution in [-0.2, 0) is 4.79 Å². The largest absolute Gasteiger partial charge is 0.370 e. The maximum atomic E-state index is 11.8. The first-order valence-corrected chi connectivity index (χ1v) is 6.07. The monoisotopic (exact) mass is 247 g/mol. The molecule has 0 bridgehead atoms. The molecule has 1 aromatic rings. The van der Waals surface area contributed by atoms with Gasteiger partial charge < -0.3 is 11.5 Å². The van der Waals surface area contributed by atoms with Gasteiger partial charge in [0.05, 0.1) is 0 Å². The number of benzene rings is 1. The van der Waals surface area contributed by atoms with Crippen LogP contribution in [0.25, 0.3) is 6.08 Å². The Morgan fingerprint density at radius 1 is 1.35 bits per heavy atom. The van der Waals surface area contributed by atoms with Gasteiger partial charge in [0, 0.05) is 15.7 Å². The predicted octanol–water partition coefficient (Wildman–Crippen LogP) is 1.36. The lowest BCUT2D eigenvalue weighted by atomic mass is 10.1. The molecule has 17 heavy (non-hydrogen) atoms. The van der Waals surface area contributed by atoms with Gasteiger partial charge in [0.15, 0.2) is 5.96 Å². The van der Waals surface area contributed by atoms with Gasteiger partial charge >= 0.3 is 0 Å². The van der Waals surface area contributed by atoms with E-state index >= 15 is 0 Å². The van der Waals surface area contributed by atoms with Crippen LogP contribution < -0.4 is 11.5 Å². The normalized spacial score (nSPS) is 17.9. The lowest BCUT2D eigenvalue weighted by molar-refractivity contribution is -0.114. The molecule has 88 valence electrons. The number of nitrogens with two attached hydrogens (primary N) is 2. The molecule has 5 heteroatoms. The van der Waals surface area contributed by atoms with Gasteiger partial charge in [-0.2, -0.15) is 4.99 Å². The summed E-state index contributed by atoms with van der Waals surface area (Å²) in [5, 5.41) is 0.0560. The second-order valence-electron chi connectivity index (χ2n) is 3.74. The molecule has 0 aromatic heterocycles. The van der Waals surface area contributed by atoms with Crippen molar-refractivity contribution in [1.82, 2.24) is 0 Å². The number of hydrogen-bond donors (Lipinski definition) is 2. The maximum Gasteiger partial charge on any atom is 0.277 e. The predicted molar refractivity (Wildman–Crippen MR) is 70.6 cm³/mol. The number of fused-ring (bicyclic) bond motifs is 1. The Bertz CT molecular complexity index is 518. The van der Waals surface area contributed by atoms with Crippen LogP contribution in [0.2, 0.25) is 0 Å². The highest BCUT2D eigenvalue weighted by Crippen LogP contribution is 2.37. The number of nitrogens with zero attached hydrogens (tertiary/aromatic N) is 1. The van der Waals surface area contributed by atoms with Crippen molar-refractivity contribution in [1.29, 1.82) is 0 Å². The third-order valence-electron chi connectivity index (χ3n) is 2.45. The van der Waals surface area contributed by atoms with Gasteiger partial charge in [0.25, 0.3) is 5.91 Å². The summed E-state index contributed by atoms with van der Waals surface area (Å²) < 4.78 is 0. The first kappa shape index (κ1) is 11.7. The molecule has 4 N–H and O–H groups in total. The standard InChI is InChI=1S/C12H13N3OS/c1-7-9(11(16)15-12(13)14)6-8-4-2-3-5-10(8)17-7/h2-7H,1H3,(H4,13,14,15,16). The van der Waals surface area contributed by atoms with Gasteiger partial charge in [-0.1, -0.05) is 18.2 Å². The van der Waals surface area contributed by atoms with Crippen molar-refractivity contribution < 1.29 is 4.79 Å². The summed E-state index contributed by atoms with van der Waals surface area (Å²) in [4.78, 5) is 16.5. The number of amides is 1. The van der Waals surface area contributed by atoms with E-state index in [0.29, 0.717) is 5.57 Å². The van der Waals surface area contributed by atoms with Crippen molar-refractivity contribution in [3.05, 3.63) is 35.4 Å². The topological polar surface area (TPSA) is 81.5 Å². The zero-order chi connectivity index (χ0) is 12.4. The summed E-state index contributed by atoms with van der Waals surface area (Å²) >= 11 is 1.64. The Hall–Kier alpha value is -1.75. The lowest BCUT2D eigenvalue weighted by Gasteiger charge is -2.20. The molecule has 0 aliphatic carbocycles. The Labute approximate surface area is 104 Å². The first-order chi connectivity index (χ1) is 8.08. The fraction of sp³-hybridized carbons (Fsp3) is 0.167. The molecule has 1 atom stereocenters. The second kappa shape index (κ2) is 4.63. The first-order valence-electron chi connectivity index (χ1n) is 5.19. The molecule has 1 aliphatic heterocycles. The van der Waals surface area contributed by atoms with E-state index in [1.54, 1.807) is 11.8 Å². The molecule has 2 rings (SSSR count). The molecule has 1 unspecified atom stereocenters. The number of carbonyl (C=O) groups excluding carboxylic acids is 1. The van der Waals surface area contributed by atoms with E-state index in [9.17, 15) is 4.79 Å². The molecule has 0 fully saturated rings. The number of thioether (sulfide) groups is 1. The minimum atomic E-state index is -0.362. The number of aliphatic imine (C=N–C) groups is 1. The van der Waals surface area contributed by atoms with Gasteiger partial charge in [0.1, 0.15) is 0 Å². The van der Waals surface area contributed by atoms with E-state index in [1.807, 2.05) is 37.3 Å². The summed E-state index contributed by atoms with van der Waals surface area (Å²) in [7, 11) is 0. The SMILES string of the molecule is CC1Sc2ccccc2C=C1C(=O)N=C(N)N. The summed E-state index contributed by atoms with van der Waals surface area (Å²) in [5.74, 6) is -0.563. The molecule has 1 heterocycles. The van der Waals surface area contributed by atoms with Crippen LogP contribution >= 0.6 is 11.8 Å². The Morgan fingerprint density at radius 2 is 2.06 bits per heavy atom. The number of guanidine groups is 1. The molecule has 0 spiro atoms. The van der Waals surface area contributed by atoms with E-state index in [1.165, 1.54) is 4.90 Å². The van der Waals surface area contributed by atoms with Crippen molar-refractivity contribution in [3.63, 3.8) is 0 Å². The number of hydrogen-bond acceptors (Lipinski definition) is 2. The van der Waals surface area contributed by atoms with Crippen LogP contribution in [0.5, 0.6) is 0 Å². The number of rotatable bonds is 1. The molecule has 0 saturated carbocycles. The minimum absolute atomic E-state index is 0.0560. The Morgan fingerprint density at radius 3 is 2.76 bits per heavy atom. The van der Waals surface area contributed by atoms with Crippen LogP contribution in [0.15, 0.2) is 39.7 Å². The zero-order valence-corrected chi connectivity index (χ0v) is 10.2. The third kappa shape index (κ3) is 2.50. The smallest absolute Gasteiger partial charge is 0.277 e. The van der Waals surface area contributed by atoms with Gasteiger partial charge in [-0.25, -0.2) is 0 Å². The zero-order valence-electron chi connectivity index (χ0n) is 9.38. The second-order valence-corrected chi connectivity index (χ2v) is 5.12. The van der Waals surface area contributed by atoms with Gasteiger partial charge in [-0.15, -0.1) is 11.8 Å². The fourth-order valence-electron chi connectivity index (χ4n) is 1.66. The van der Waals surface area contributed by atoms with Crippen LogP contribution in [0.1, 0.15) is 12.5 Å². The molecule has 4 nitrogen and oxygen atoms in total. The van der Waals surface area contributed by atoms with Crippen LogP contribution in [0.4, 0.5) is 0 Å². The summed E-state index contributed by atoms with van der Waals surface area (Å²) in [5.41, 5.74) is 12.1. The highest BCUT2D eigenvalue weighted by Gasteiger charge is 2.23. The molecular formula is C12H13N3OS. The molecule has 1 amide bonds. The van der Waals surface area contributed by atoms with Crippen molar-refractivity contribution in [3.8, 4) is 0 Å². The quantitative estimate of drug-likeness (QED) is 0.580. The van der Waals surface area contributed by atoms with Crippen molar-refractivity contribution >= 4 is 29.7 Å². The molecule has 0 radical (unpaired) electrons. The van der Waals surface area contributed by atoms with Crippen molar-refractivity contribution in [2.24, 2.45) is 16.5 Å². The van der Waals surface area contributed by atoms with Crippen LogP contribution in [-0.4, -0.2) is 17.1 Å². The molecule has 1 aliphatic rings. The third-order valence-corrected chi connectivity index (χ3v) is 3.68. The van der Waals surface area contributed by atoms with Crippen LogP contribution in [0, 0.1) is 0 Å². The maximum absolute atomic E-state index is 11.8. The minimum Gasteiger partial charge on any atom is -0.370 e. The Kier molecular flexibility index (Phi) is 3.19. The average Bonchev–Trinajstić information content (AvgIpc) is 2.27. The van der Waals surface area contributed by atoms with E-state index in [0.717, 1.165) is 5.56 Å². The van der Waals surface area contributed by atoms with E-state index in [-0.39, 0.29) is 17.1 Å². The van der Waals surface area contributed by atoms with Gasteiger partial charge in [-0.05, 0) is 24.6 Å². The van der Waals surface area contributed by atoms with E-state index < -0.39 is 0 Å². The Balaban J connectivity index is 2.39. The van der Waals surface area contributed by atoms with Crippen LogP contribution in [0.3, 0.4) is 0 Å². The van der Waals surface area contributed by atoms with Crippen molar-refractivity contribution in [2.45, 2.75) is 17.1 Å². The summed E-state index contributed by atoms with van der Waals surface area (Å²) in [6.07, 6.45) is 1.85. The molecule has 0 saturated heterocycles. The number of carbonyl (C=O) groups is 1. The summed E-state index contributed by atoms with van der Waals surface area (Å²) in [6.45, 7) is 1.96.